The third-order valence-corrected chi connectivity index (χ3v) is 0.204. The quantitative estimate of drug-likeness (QED) is 0.300. The van der Waals surface area contributed by atoms with Crippen molar-refractivity contribution >= 4 is 11.6 Å². The monoisotopic (exact) mass is 83.0 g/mol. The summed E-state index contributed by atoms with van der Waals surface area (Å²) in [5.74, 6) is 3.82. The molecule has 0 saturated carbocycles. The van der Waals surface area contributed by atoms with Gasteiger partial charge in [0, 0.05) is 0 Å². The highest BCUT2D eigenvalue weighted by atomic mass is 35.5. The summed E-state index contributed by atoms with van der Waals surface area (Å²) in [6.07, 6.45) is 6.09. The average molecular weight is 83.5 g/mol. The predicted octanol–water partition coefficient (Wildman–Crippen LogP) is 0.776. The zero-order valence-corrected chi connectivity index (χ0v) is 3.13. The van der Waals surface area contributed by atoms with E-state index in [-0.39, 0.29) is 0 Å². The Morgan fingerprint density at radius 1 is 1.60 bits per heavy atom. The first kappa shape index (κ1) is 4.41. The molecule has 0 nitrogen and oxygen atoms in total. The van der Waals surface area contributed by atoms with Gasteiger partial charge in [-0.3, -0.25) is 5.92 Å². The van der Waals surface area contributed by atoms with Crippen LogP contribution in [0.1, 0.15) is 0 Å². The van der Waals surface area contributed by atoms with Gasteiger partial charge in [0.05, 0.1) is 0 Å². The second-order valence-corrected chi connectivity index (χ2v) is 0.533. The van der Waals surface area contributed by atoms with E-state index >= 15 is 0 Å². The molecule has 0 spiro atoms. The van der Waals surface area contributed by atoms with Crippen LogP contribution in [0.15, 0.2) is 0 Å². The Balaban J connectivity index is 3.30. The summed E-state index contributed by atoms with van der Waals surface area (Å²) in [4.78, 5) is 0. The van der Waals surface area contributed by atoms with Gasteiger partial charge in [0.1, 0.15) is 0 Å². The van der Waals surface area contributed by atoms with E-state index in [2.05, 4.69) is 0 Å². The lowest BCUT2D eigenvalue weighted by Crippen LogP contribution is -1.32. The summed E-state index contributed by atoms with van der Waals surface area (Å²) >= 11 is 4.76. The van der Waals surface area contributed by atoms with Crippen molar-refractivity contribution < 1.29 is 0 Å². The molecule has 0 saturated heterocycles. The molecule has 24 valence electrons. The van der Waals surface area contributed by atoms with Crippen LogP contribution in [0.3, 0.4) is 0 Å². The van der Waals surface area contributed by atoms with Crippen LogP contribution in [0, 0.1) is 23.6 Å². The van der Waals surface area contributed by atoms with Crippen molar-refractivity contribution in [2.45, 2.75) is 0 Å². The molecule has 5 heavy (non-hydrogen) atoms. The van der Waals surface area contributed by atoms with Gasteiger partial charge in [-0.15, -0.1) is 5.38 Å². The van der Waals surface area contributed by atoms with Gasteiger partial charge in [-0.1, -0.05) is 0 Å². The molecule has 0 radical (unpaired) electrons. The normalized spacial score (nSPS) is 3.20. The maximum atomic E-state index is 6.09. The fourth-order valence-electron chi connectivity index (χ4n) is 0.0236. The summed E-state index contributed by atoms with van der Waals surface area (Å²) in [7, 11) is 0. The third kappa shape index (κ3) is 3.41. The predicted molar refractivity (Wildman–Crippen MR) is 20.8 cm³/mol. The maximum absolute atomic E-state index is 6.09. The minimum atomic E-state index is 1.77. The first-order chi connectivity index (χ1) is 2.41. The molecular formula is C4Cl-. The fraction of sp³-hybridized carbons (Fsp3) is 0. The topological polar surface area (TPSA) is 0 Å². The Labute approximate surface area is 36.1 Å². The molecule has 0 unspecified atom stereocenters. The van der Waals surface area contributed by atoms with E-state index in [1.54, 1.807) is 5.92 Å². The van der Waals surface area contributed by atoms with Crippen LogP contribution in [-0.2, 0) is 0 Å². The van der Waals surface area contributed by atoms with Crippen molar-refractivity contribution in [3.63, 3.8) is 0 Å². The number of hydrogen-bond acceptors (Lipinski definition) is 0. The van der Waals surface area contributed by atoms with Gasteiger partial charge in [-0.2, -0.15) is 0 Å². The van der Waals surface area contributed by atoms with E-state index in [1.165, 1.54) is 0 Å². The molecule has 0 atom stereocenters. The van der Waals surface area contributed by atoms with Crippen molar-refractivity contribution in [3.8, 4) is 17.2 Å². The summed E-state index contributed by atoms with van der Waals surface area (Å²) in [5.41, 5.74) is 0. The number of rotatable bonds is 0. The van der Waals surface area contributed by atoms with E-state index < -0.39 is 0 Å². The second kappa shape index (κ2) is 3.41. The van der Waals surface area contributed by atoms with Gasteiger partial charge in [-0.05, 0) is 11.6 Å². The average Bonchev–Trinajstić information content (AvgIpc) is 1.41. The summed E-state index contributed by atoms with van der Waals surface area (Å²) < 4.78 is 0. The molecular weight excluding hydrogens is 83.5 g/mol. The Kier molecular flexibility index (Phi) is 3.01. The minimum absolute atomic E-state index is 1.77. The fourth-order valence-corrected chi connectivity index (χ4v) is 0.0709. The standard InChI is InChI=1S/C4Cl/c1-2-3-4-5/q-1. The van der Waals surface area contributed by atoms with Gasteiger partial charge in [-0.25, -0.2) is 5.92 Å². The van der Waals surface area contributed by atoms with Crippen molar-refractivity contribution in [2.24, 2.45) is 0 Å². The lowest BCUT2D eigenvalue weighted by atomic mass is 10.7. The molecule has 0 fully saturated rings. The van der Waals surface area contributed by atoms with Gasteiger partial charge in [0.2, 0.25) is 0 Å². The highest BCUT2D eigenvalue weighted by molar-refractivity contribution is 6.30. The van der Waals surface area contributed by atoms with Gasteiger partial charge in [0.15, 0.2) is 0 Å². The Bertz CT molecular complexity index is 97.0. The van der Waals surface area contributed by atoms with E-state index in [0.717, 1.165) is 0 Å². The van der Waals surface area contributed by atoms with Crippen molar-refractivity contribution in [2.75, 3.05) is 0 Å². The molecule has 0 aliphatic carbocycles. The first-order valence-corrected chi connectivity index (χ1v) is 1.32. The van der Waals surface area contributed by atoms with Gasteiger partial charge in [0.25, 0.3) is 0 Å². The van der Waals surface area contributed by atoms with Crippen LogP contribution in [0.2, 0.25) is 0 Å². The summed E-state index contributed by atoms with van der Waals surface area (Å²) in [6, 6.07) is 0. The maximum Gasteiger partial charge on any atom is -0.0459 e. The largest absolute Gasteiger partial charge is 0.358 e. The SMILES string of the molecule is [C-]#CC#CCl. The molecule has 0 bridgehead atoms. The summed E-state index contributed by atoms with van der Waals surface area (Å²) in [5, 5.41) is 1.94. The van der Waals surface area contributed by atoms with Crippen molar-refractivity contribution in [1.82, 2.24) is 0 Å². The van der Waals surface area contributed by atoms with E-state index in [0.29, 0.717) is 0 Å². The molecule has 0 heterocycles. The zero-order valence-electron chi connectivity index (χ0n) is 2.38. The Morgan fingerprint density at radius 3 is 2.20 bits per heavy atom. The molecule has 0 aliphatic rings. The Morgan fingerprint density at radius 2 is 2.20 bits per heavy atom. The molecule has 0 aromatic heterocycles. The highest BCUT2D eigenvalue weighted by Crippen LogP contribution is 1.56. The van der Waals surface area contributed by atoms with E-state index in [9.17, 15) is 0 Å². The number of halogens is 1. The molecule has 0 aliphatic heterocycles. The van der Waals surface area contributed by atoms with Crippen LogP contribution in [0.4, 0.5) is 0 Å². The number of hydrogen-bond donors (Lipinski definition) is 0. The molecule has 0 amide bonds. The third-order valence-electron chi connectivity index (χ3n) is 0.110. The van der Waals surface area contributed by atoms with Gasteiger partial charge >= 0.3 is 0 Å². The summed E-state index contributed by atoms with van der Waals surface area (Å²) in [6.45, 7) is 0. The minimum Gasteiger partial charge on any atom is -0.358 e. The Hall–Kier alpha value is -0.590. The molecule has 0 N–H and O–H groups in total. The van der Waals surface area contributed by atoms with Crippen molar-refractivity contribution in [3.05, 3.63) is 6.42 Å². The van der Waals surface area contributed by atoms with Crippen LogP contribution < -0.4 is 0 Å². The molecule has 1 heteroatoms. The lowest BCUT2D eigenvalue weighted by molar-refractivity contribution is 2.51. The van der Waals surface area contributed by atoms with Crippen LogP contribution in [0.5, 0.6) is 0 Å². The molecule has 0 rings (SSSR count). The van der Waals surface area contributed by atoms with E-state index in [1.807, 2.05) is 11.3 Å². The smallest absolute Gasteiger partial charge is 0.0459 e. The van der Waals surface area contributed by atoms with E-state index in [4.69, 9.17) is 18.0 Å². The van der Waals surface area contributed by atoms with Crippen molar-refractivity contribution in [1.29, 1.82) is 0 Å². The van der Waals surface area contributed by atoms with Gasteiger partial charge < -0.3 is 6.42 Å². The molecule has 0 aromatic carbocycles. The molecule has 0 aromatic rings. The zero-order chi connectivity index (χ0) is 4.12. The first-order valence-electron chi connectivity index (χ1n) is 0.939. The highest BCUT2D eigenvalue weighted by Gasteiger charge is 1.21. The van der Waals surface area contributed by atoms with Crippen LogP contribution >= 0.6 is 11.6 Å². The van der Waals surface area contributed by atoms with Crippen LogP contribution in [0.25, 0.3) is 0 Å². The second-order valence-electron chi connectivity index (χ2n) is 0.344. The van der Waals surface area contributed by atoms with Crippen LogP contribution in [-0.4, -0.2) is 0 Å². The lowest BCUT2D eigenvalue weighted by Gasteiger charge is -1.58.